The highest BCUT2D eigenvalue weighted by Gasteiger charge is 2.39. The van der Waals surface area contributed by atoms with Gasteiger partial charge in [-0.25, -0.2) is 0 Å². The van der Waals surface area contributed by atoms with Crippen molar-refractivity contribution >= 4 is 23.2 Å². The van der Waals surface area contributed by atoms with Gasteiger partial charge in [0.2, 0.25) is 11.8 Å². The minimum atomic E-state index is -0.442. The third-order valence-electron chi connectivity index (χ3n) is 3.52. The van der Waals surface area contributed by atoms with Gasteiger partial charge in [-0.3, -0.25) is 9.59 Å². The van der Waals surface area contributed by atoms with E-state index in [1.807, 2.05) is 39.0 Å². The van der Waals surface area contributed by atoms with Gasteiger partial charge in [-0.1, -0.05) is 33.8 Å². The number of nitrogens with one attached hydrogen (secondary N) is 2. The average molecular weight is 274 g/mol. The van der Waals surface area contributed by atoms with Crippen molar-refractivity contribution in [3.8, 4) is 0 Å². The monoisotopic (exact) mass is 274 g/mol. The van der Waals surface area contributed by atoms with Crippen molar-refractivity contribution < 1.29 is 9.59 Å². The third-order valence-corrected chi connectivity index (χ3v) is 3.52. The first-order valence-electron chi connectivity index (χ1n) is 7.00. The van der Waals surface area contributed by atoms with Crippen LogP contribution in [0.4, 0.5) is 11.4 Å². The van der Waals surface area contributed by atoms with E-state index < -0.39 is 5.41 Å². The molecule has 1 aromatic carbocycles. The summed E-state index contributed by atoms with van der Waals surface area (Å²) in [6, 6.07) is 7.26. The Bertz CT molecular complexity index is 532. The van der Waals surface area contributed by atoms with Crippen LogP contribution in [0, 0.1) is 17.3 Å². The fourth-order valence-corrected chi connectivity index (χ4v) is 1.92. The van der Waals surface area contributed by atoms with E-state index in [2.05, 4.69) is 17.6 Å². The first-order valence-corrected chi connectivity index (χ1v) is 7.00. The maximum atomic E-state index is 11.9. The molecule has 1 aliphatic carbocycles. The Balaban J connectivity index is 2.01. The maximum Gasteiger partial charge on any atom is 0.229 e. The van der Waals surface area contributed by atoms with Crippen LogP contribution in [0.25, 0.3) is 0 Å². The normalized spacial score (nSPS) is 21.2. The quantitative estimate of drug-likeness (QED) is 0.888. The van der Waals surface area contributed by atoms with Gasteiger partial charge >= 0.3 is 0 Å². The molecule has 0 aromatic heterocycles. The van der Waals surface area contributed by atoms with E-state index in [0.717, 1.165) is 12.1 Å². The molecule has 0 aliphatic heterocycles. The van der Waals surface area contributed by atoms with Crippen LogP contribution in [0.5, 0.6) is 0 Å². The Kier molecular flexibility index (Phi) is 3.84. The summed E-state index contributed by atoms with van der Waals surface area (Å²) in [4.78, 5) is 23.8. The van der Waals surface area contributed by atoms with E-state index in [1.165, 1.54) is 0 Å². The second-order valence-electron chi connectivity index (χ2n) is 6.59. The molecule has 2 rings (SSSR count). The second kappa shape index (κ2) is 5.27. The van der Waals surface area contributed by atoms with Crippen LogP contribution in [-0.2, 0) is 9.59 Å². The number of rotatable bonds is 3. The molecule has 4 nitrogen and oxygen atoms in total. The lowest BCUT2D eigenvalue weighted by Crippen LogP contribution is -2.27. The number of benzene rings is 1. The van der Waals surface area contributed by atoms with Crippen LogP contribution in [0.2, 0.25) is 0 Å². The Morgan fingerprint density at radius 2 is 1.70 bits per heavy atom. The van der Waals surface area contributed by atoms with E-state index >= 15 is 0 Å². The van der Waals surface area contributed by atoms with Gasteiger partial charge in [-0.15, -0.1) is 0 Å². The fraction of sp³-hybridized carbons (Fsp3) is 0.500. The Morgan fingerprint density at radius 3 is 2.20 bits per heavy atom. The highest BCUT2D eigenvalue weighted by atomic mass is 16.2. The molecule has 0 radical (unpaired) electrons. The maximum absolute atomic E-state index is 11.9. The molecule has 4 heteroatoms. The zero-order chi connectivity index (χ0) is 14.9. The van der Waals surface area contributed by atoms with Crippen molar-refractivity contribution in [3.63, 3.8) is 0 Å². The van der Waals surface area contributed by atoms with Crippen LogP contribution in [0.1, 0.15) is 34.1 Å². The largest absolute Gasteiger partial charge is 0.326 e. The predicted molar refractivity (Wildman–Crippen MR) is 80.4 cm³/mol. The van der Waals surface area contributed by atoms with Gasteiger partial charge in [-0.2, -0.15) is 0 Å². The smallest absolute Gasteiger partial charge is 0.229 e. The van der Waals surface area contributed by atoms with Crippen molar-refractivity contribution in [3.05, 3.63) is 24.3 Å². The molecule has 1 aliphatic rings. The molecule has 2 amide bonds. The fourth-order valence-electron chi connectivity index (χ4n) is 1.92. The van der Waals surface area contributed by atoms with E-state index in [9.17, 15) is 9.59 Å². The van der Waals surface area contributed by atoms with Crippen LogP contribution < -0.4 is 10.6 Å². The molecule has 0 saturated heterocycles. The molecule has 0 heterocycles. The standard InChI is InChI=1S/C16H22N2O2/c1-10-8-13(10)14(19)17-11-6-5-7-12(9-11)18-15(20)16(2,3)4/h5-7,9-10,13H,8H2,1-4H3,(H,17,19)(H,18,20)/t10-,13+/m0/s1. The van der Waals surface area contributed by atoms with Gasteiger partial charge in [0, 0.05) is 22.7 Å². The van der Waals surface area contributed by atoms with Crippen LogP contribution in [0.15, 0.2) is 24.3 Å². The summed E-state index contributed by atoms with van der Waals surface area (Å²) in [5.74, 6) is 0.648. The van der Waals surface area contributed by atoms with Gasteiger partial charge in [-0.05, 0) is 30.5 Å². The Morgan fingerprint density at radius 1 is 1.15 bits per heavy atom. The molecule has 0 bridgehead atoms. The van der Waals surface area contributed by atoms with Crippen molar-refractivity contribution in [2.75, 3.05) is 10.6 Å². The summed E-state index contributed by atoms with van der Waals surface area (Å²) >= 11 is 0. The van der Waals surface area contributed by atoms with Crippen LogP contribution in [0.3, 0.4) is 0 Å². The number of anilines is 2. The van der Waals surface area contributed by atoms with E-state index in [0.29, 0.717) is 11.6 Å². The van der Waals surface area contributed by atoms with E-state index in [-0.39, 0.29) is 17.7 Å². The molecule has 2 atom stereocenters. The summed E-state index contributed by atoms with van der Waals surface area (Å²) in [7, 11) is 0. The minimum absolute atomic E-state index is 0.0446. The lowest BCUT2D eigenvalue weighted by atomic mass is 9.95. The Labute approximate surface area is 119 Å². The zero-order valence-electron chi connectivity index (χ0n) is 12.5. The zero-order valence-corrected chi connectivity index (χ0v) is 12.5. The molecule has 2 N–H and O–H groups in total. The summed E-state index contributed by atoms with van der Waals surface area (Å²) in [5, 5.41) is 5.76. The van der Waals surface area contributed by atoms with Gasteiger partial charge in [0.05, 0.1) is 0 Å². The van der Waals surface area contributed by atoms with Crippen molar-refractivity contribution in [2.45, 2.75) is 34.1 Å². The van der Waals surface area contributed by atoms with E-state index in [4.69, 9.17) is 0 Å². The molecule has 1 aromatic rings. The number of hydrogen-bond donors (Lipinski definition) is 2. The molecule has 0 spiro atoms. The number of hydrogen-bond acceptors (Lipinski definition) is 2. The summed E-state index contributed by atoms with van der Waals surface area (Å²) in [5.41, 5.74) is 0.982. The topological polar surface area (TPSA) is 58.2 Å². The van der Waals surface area contributed by atoms with Gasteiger partial charge in [0.1, 0.15) is 0 Å². The molecular formula is C16H22N2O2. The number of carbonyl (C=O) groups is 2. The van der Waals surface area contributed by atoms with E-state index in [1.54, 1.807) is 6.07 Å². The summed E-state index contributed by atoms with van der Waals surface area (Å²) < 4.78 is 0. The lowest BCUT2D eigenvalue weighted by Gasteiger charge is -2.18. The lowest BCUT2D eigenvalue weighted by molar-refractivity contribution is -0.123. The minimum Gasteiger partial charge on any atom is -0.326 e. The van der Waals surface area contributed by atoms with Crippen molar-refractivity contribution in [2.24, 2.45) is 17.3 Å². The van der Waals surface area contributed by atoms with Crippen LogP contribution >= 0.6 is 0 Å². The molecule has 108 valence electrons. The molecule has 1 fully saturated rings. The number of carbonyl (C=O) groups excluding carboxylic acids is 2. The second-order valence-corrected chi connectivity index (χ2v) is 6.59. The molecule has 0 unspecified atom stereocenters. The van der Waals surface area contributed by atoms with Crippen LogP contribution in [-0.4, -0.2) is 11.8 Å². The van der Waals surface area contributed by atoms with Crippen molar-refractivity contribution in [1.82, 2.24) is 0 Å². The molecular weight excluding hydrogens is 252 g/mol. The third kappa shape index (κ3) is 3.59. The summed E-state index contributed by atoms with van der Waals surface area (Å²) in [6.45, 7) is 7.66. The summed E-state index contributed by atoms with van der Waals surface area (Å²) in [6.07, 6.45) is 0.965. The van der Waals surface area contributed by atoms with Crippen molar-refractivity contribution in [1.29, 1.82) is 0 Å². The first-order chi connectivity index (χ1) is 9.27. The number of amides is 2. The average Bonchev–Trinajstić information content (AvgIpc) is 3.05. The van der Waals surface area contributed by atoms with Gasteiger partial charge in [0.15, 0.2) is 0 Å². The van der Waals surface area contributed by atoms with Gasteiger partial charge in [0.25, 0.3) is 0 Å². The first kappa shape index (κ1) is 14.6. The Hall–Kier alpha value is -1.84. The van der Waals surface area contributed by atoms with Gasteiger partial charge < -0.3 is 10.6 Å². The molecule has 20 heavy (non-hydrogen) atoms. The molecule has 1 saturated carbocycles. The SMILES string of the molecule is C[C@H]1C[C@H]1C(=O)Nc1cccc(NC(=O)C(C)(C)C)c1. The highest BCUT2D eigenvalue weighted by Crippen LogP contribution is 2.38. The highest BCUT2D eigenvalue weighted by molar-refractivity contribution is 5.97. The predicted octanol–water partition coefficient (Wildman–Crippen LogP) is 3.27.